The molecule has 1 amide bonds. The summed E-state index contributed by atoms with van der Waals surface area (Å²) < 4.78 is 5.61. The van der Waals surface area contributed by atoms with Crippen LogP contribution in [-0.2, 0) is 11.3 Å². The van der Waals surface area contributed by atoms with E-state index in [1.165, 1.54) is 31.2 Å². The molecule has 0 radical (unpaired) electrons. The lowest BCUT2D eigenvalue weighted by molar-refractivity contribution is 0.0853. The maximum absolute atomic E-state index is 13.5. The van der Waals surface area contributed by atoms with Crippen LogP contribution in [0.1, 0.15) is 89.7 Å². The number of benzene rings is 1. The number of ether oxygens (including phenoxy) is 1. The molecule has 7 heteroatoms. The third-order valence-electron chi connectivity index (χ3n) is 8.85. The molecule has 1 aliphatic carbocycles. The summed E-state index contributed by atoms with van der Waals surface area (Å²) in [5.74, 6) is 0.855. The lowest BCUT2D eigenvalue weighted by atomic mass is 9.81. The van der Waals surface area contributed by atoms with Crippen LogP contribution in [-0.4, -0.2) is 55.2 Å². The highest BCUT2D eigenvalue weighted by molar-refractivity contribution is 5.97. The zero-order valence-electron chi connectivity index (χ0n) is 24.1. The maximum atomic E-state index is 13.5. The van der Waals surface area contributed by atoms with E-state index in [4.69, 9.17) is 4.74 Å². The first kappa shape index (κ1) is 28.4. The van der Waals surface area contributed by atoms with Gasteiger partial charge in [-0.05, 0) is 127 Å². The Balaban J connectivity index is 1.56. The number of hydrogen-bond acceptors (Lipinski definition) is 5. The van der Waals surface area contributed by atoms with Gasteiger partial charge in [0.05, 0.1) is 0 Å². The first-order valence-electron chi connectivity index (χ1n) is 14.3. The minimum Gasteiger partial charge on any atom is -0.382 e. The van der Waals surface area contributed by atoms with Crippen molar-refractivity contribution in [2.45, 2.75) is 90.8 Å². The number of pyridine rings is 1. The Bertz CT molecular complexity index is 1170. The van der Waals surface area contributed by atoms with Gasteiger partial charge in [-0.1, -0.05) is 0 Å². The van der Waals surface area contributed by atoms with Crippen molar-refractivity contribution in [2.24, 2.45) is 5.92 Å². The van der Waals surface area contributed by atoms with Crippen LogP contribution in [0, 0.1) is 26.7 Å². The van der Waals surface area contributed by atoms with Gasteiger partial charge in [-0.2, -0.15) is 0 Å². The standard InChI is InChI=1S/C31H46N4O3/c1-19-15-20(2)33-31(37)28(19)18-32-30(36)27-16-25(24-11-13-38-14-12-24)17-29(21(27)3)34-22(4)23-7-9-26(10-8-23)35(5)6/h15-17,22-24,26,34H,7-14,18H2,1-6H3,(H,32,36)(H,33,37)/t22?,23-,26-. The van der Waals surface area contributed by atoms with E-state index in [0.29, 0.717) is 35.0 Å². The third kappa shape index (κ3) is 6.67. The van der Waals surface area contributed by atoms with Crippen molar-refractivity contribution in [3.05, 3.63) is 62.1 Å². The van der Waals surface area contributed by atoms with Gasteiger partial charge in [0.15, 0.2) is 0 Å². The molecule has 208 valence electrons. The first-order chi connectivity index (χ1) is 18.1. The summed E-state index contributed by atoms with van der Waals surface area (Å²) in [4.78, 5) is 31.2. The number of aromatic nitrogens is 1. The summed E-state index contributed by atoms with van der Waals surface area (Å²) in [7, 11) is 4.36. The van der Waals surface area contributed by atoms with Crippen LogP contribution in [0.4, 0.5) is 5.69 Å². The second-order valence-electron chi connectivity index (χ2n) is 11.7. The van der Waals surface area contributed by atoms with E-state index in [9.17, 15) is 9.59 Å². The van der Waals surface area contributed by atoms with E-state index < -0.39 is 0 Å². The first-order valence-corrected chi connectivity index (χ1v) is 14.3. The number of aryl methyl sites for hydroxylation is 2. The Morgan fingerprint density at radius 3 is 2.37 bits per heavy atom. The van der Waals surface area contributed by atoms with Crippen LogP contribution in [0.15, 0.2) is 23.0 Å². The number of anilines is 1. The summed E-state index contributed by atoms with van der Waals surface area (Å²) in [6, 6.07) is 7.27. The van der Waals surface area contributed by atoms with Gasteiger partial charge < -0.3 is 25.3 Å². The molecule has 1 atom stereocenters. The molecule has 1 saturated heterocycles. The summed E-state index contributed by atoms with van der Waals surface area (Å²) in [6.45, 7) is 9.81. The molecule has 1 aliphatic heterocycles. The zero-order valence-corrected chi connectivity index (χ0v) is 24.1. The van der Waals surface area contributed by atoms with Crippen molar-refractivity contribution < 1.29 is 9.53 Å². The topological polar surface area (TPSA) is 86.5 Å². The fourth-order valence-corrected chi connectivity index (χ4v) is 6.24. The molecule has 1 aromatic heterocycles. The SMILES string of the molecule is Cc1cc(C)c(CNC(=O)c2cc(C3CCOCC3)cc(NC(C)[C@H]3CC[C@H](N(C)C)CC3)c2C)c(=O)[nH]1. The molecule has 7 nitrogen and oxygen atoms in total. The minimum atomic E-state index is -0.143. The summed E-state index contributed by atoms with van der Waals surface area (Å²) in [5, 5.41) is 6.85. The minimum absolute atomic E-state index is 0.141. The van der Waals surface area contributed by atoms with Gasteiger partial charge in [0, 0.05) is 54.4 Å². The molecule has 1 unspecified atom stereocenters. The molecule has 3 N–H and O–H groups in total. The average molecular weight is 523 g/mol. The summed E-state index contributed by atoms with van der Waals surface area (Å²) >= 11 is 0. The third-order valence-corrected chi connectivity index (χ3v) is 8.85. The Morgan fingerprint density at radius 2 is 1.74 bits per heavy atom. The lowest BCUT2D eigenvalue weighted by Crippen LogP contribution is -2.36. The molecular weight excluding hydrogens is 476 g/mol. The number of hydrogen-bond donors (Lipinski definition) is 3. The smallest absolute Gasteiger partial charge is 0.253 e. The number of nitrogens with one attached hydrogen (secondary N) is 3. The van der Waals surface area contributed by atoms with Gasteiger partial charge in [-0.3, -0.25) is 9.59 Å². The molecule has 4 rings (SSSR count). The largest absolute Gasteiger partial charge is 0.382 e. The highest BCUT2D eigenvalue weighted by atomic mass is 16.5. The zero-order chi connectivity index (χ0) is 27.4. The number of carbonyl (C=O) groups excluding carboxylic acids is 1. The quantitative estimate of drug-likeness (QED) is 0.452. The molecule has 1 saturated carbocycles. The molecule has 2 aromatic rings. The molecule has 1 aromatic carbocycles. The fraction of sp³-hybridized carbons (Fsp3) is 0.613. The highest BCUT2D eigenvalue weighted by Gasteiger charge is 2.27. The van der Waals surface area contributed by atoms with E-state index in [1.807, 2.05) is 26.8 Å². The number of H-pyrrole nitrogens is 1. The van der Waals surface area contributed by atoms with Gasteiger partial charge in [0.25, 0.3) is 11.5 Å². The lowest BCUT2D eigenvalue weighted by Gasteiger charge is -2.36. The fourth-order valence-electron chi connectivity index (χ4n) is 6.24. The second kappa shape index (κ2) is 12.5. The van der Waals surface area contributed by atoms with E-state index in [-0.39, 0.29) is 18.0 Å². The summed E-state index contributed by atoms with van der Waals surface area (Å²) in [5.41, 5.74) is 6.05. The molecule has 2 aliphatic rings. The highest BCUT2D eigenvalue weighted by Crippen LogP contribution is 2.35. The normalized spacial score (nSPS) is 21.3. The molecule has 0 bridgehead atoms. The van der Waals surface area contributed by atoms with Gasteiger partial charge in [0.1, 0.15) is 0 Å². The van der Waals surface area contributed by atoms with Crippen LogP contribution in [0.5, 0.6) is 0 Å². The Morgan fingerprint density at radius 1 is 1.05 bits per heavy atom. The Hall–Kier alpha value is -2.64. The number of rotatable bonds is 8. The Kier molecular flexibility index (Phi) is 9.32. The van der Waals surface area contributed by atoms with E-state index >= 15 is 0 Å². The predicted octanol–water partition coefficient (Wildman–Crippen LogP) is 5.04. The van der Waals surface area contributed by atoms with Crippen LogP contribution in [0.2, 0.25) is 0 Å². The van der Waals surface area contributed by atoms with Crippen LogP contribution < -0.4 is 16.2 Å². The van der Waals surface area contributed by atoms with E-state index in [0.717, 1.165) is 48.6 Å². The van der Waals surface area contributed by atoms with Crippen molar-refractivity contribution >= 4 is 11.6 Å². The van der Waals surface area contributed by atoms with Crippen LogP contribution >= 0.6 is 0 Å². The van der Waals surface area contributed by atoms with Gasteiger partial charge >= 0.3 is 0 Å². The monoisotopic (exact) mass is 522 g/mol. The molecule has 38 heavy (non-hydrogen) atoms. The maximum Gasteiger partial charge on any atom is 0.253 e. The number of aromatic amines is 1. The van der Waals surface area contributed by atoms with Crippen LogP contribution in [0.25, 0.3) is 0 Å². The number of carbonyl (C=O) groups is 1. The van der Waals surface area contributed by atoms with Crippen molar-refractivity contribution in [2.75, 3.05) is 32.6 Å². The van der Waals surface area contributed by atoms with Crippen molar-refractivity contribution in [3.63, 3.8) is 0 Å². The second-order valence-corrected chi connectivity index (χ2v) is 11.7. The molecule has 2 heterocycles. The summed E-state index contributed by atoms with van der Waals surface area (Å²) in [6.07, 6.45) is 6.82. The van der Waals surface area contributed by atoms with Gasteiger partial charge in [-0.25, -0.2) is 0 Å². The van der Waals surface area contributed by atoms with E-state index in [1.54, 1.807) is 0 Å². The molecule has 2 fully saturated rings. The van der Waals surface area contributed by atoms with Crippen molar-refractivity contribution in [1.29, 1.82) is 0 Å². The molecular formula is C31H46N4O3. The van der Waals surface area contributed by atoms with Crippen molar-refractivity contribution in [3.8, 4) is 0 Å². The van der Waals surface area contributed by atoms with E-state index in [2.05, 4.69) is 53.7 Å². The Labute approximate surface area is 227 Å². The van der Waals surface area contributed by atoms with Gasteiger partial charge in [0.2, 0.25) is 0 Å². The van der Waals surface area contributed by atoms with Gasteiger partial charge in [-0.15, -0.1) is 0 Å². The number of amides is 1. The van der Waals surface area contributed by atoms with Crippen molar-refractivity contribution in [1.82, 2.24) is 15.2 Å². The molecule has 0 spiro atoms. The van der Waals surface area contributed by atoms with Crippen LogP contribution in [0.3, 0.4) is 0 Å². The number of nitrogens with zero attached hydrogens (tertiary/aromatic N) is 1. The predicted molar refractivity (Wildman–Crippen MR) is 154 cm³/mol. The average Bonchev–Trinajstić information content (AvgIpc) is 2.89.